The molecule has 0 aliphatic carbocycles. The number of aromatic nitrogens is 1. The van der Waals surface area contributed by atoms with Crippen molar-refractivity contribution in [3.63, 3.8) is 0 Å². The predicted octanol–water partition coefficient (Wildman–Crippen LogP) is 4.67. The first-order chi connectivity index (χ1) is 10.1. The average molecular weight is 284 g/mol. The Morgan fingerprint density at radius 3 is 2.24 bits per heavy atom. The van der Waals surface area contributed by atoms with Crippen LogP contribution in [0.5, 0.6) is 11.5 Å². The maximum atomic E-state index is 5.83. The molecule has 0 aliphatic rings. The fraction of sp³-hybridized carbons (Fsp3) is 0.389. The van der Waals surface area contributed by atoms with Gasteiger partial charge in [0, 0.05) is 6.04 Å². The molecule has 0 saturated carbocycles. The van der Waals surface area contributed by atoms with Crippen LogP contribution < -0.4 is 10.1 Å². The smallest absolute Gasteiger partial charge is 0.145 e. The van der Waals surface area contributed by atoms with Crippen molar-refractivity contribution in [2.75, 3.05) is 7.05 Å². The lowest BCUT2D eigenvalue weighted by Crippen LogP contribution is -2.13. The largest absolute Gasteiger partial charge is 0.456 e. The molecule has 3 nitrogen and oxygen atoms in total. The minimum atomic E-state index is 0.244. The Bertz CT molecular complexity index is 497. The molecule has 0 radical (unpaired) electrons. The number of nitrogens with zero attached hydrogens (tertiary/aromatic N) is 1. The monoisotopic (exact) mass is 284 g/mol. The normalized spacial score (nSPS) is 13.7. The molecule has 2 rings (SSSR count). The number of hydrogen-bond donors (Lipinski definition) is 1. The molecule has 1 aromatic carbocycles. The van der Waals surface area contributed by atoms with Crippen molar-refractivity contribution in [2.24, 2.45) is 0 Å². The summed E-state index contributed by atoms with van der Waals surface area (Å²) in [4.78, 5) is 4.42. The molecule has 0 amide bonds. The van der Waals surface area contributed by atoms with E-state index in [2.05, 4.69) is 43.2 Å². The van der Waals surface area contributed by atoms with Crippen molar-refractivity contribution in [3.8, 4) is 11.5 Å². The first-order valence-electron chi connectivity index (χ1n) is 7.55. The molecule has 1 heterocycles. The predicted molar refractivity (Wildman–Crippen MR) is 86.9 cm³/mol. The molecule has 0 spiro atoms. The van der Waals surface area contributed by atoms with E-state index in [0.29, 0.717) is 5.92 Å². The Kier molecular flexibility index (Phi) is 5.34. The van der Waals surface area contributed by atoms with Crippen molar-refractivity contribution in [3.05, 3.63) is 53.9 Å². The third kappa shape index (κ3) is 4.05. The summed E-state index contributed by atoms with van der Waals surface area (Å²) in [5, 5.41) is 3.17. The van der Waals surface area contributed by atoms with Crippen LogP contribution in [0.4, 0.5) is 0 Å². The van der Waals surface area contributed by atoms with Crippen LogP contribution in [0.2, 0.25) is 0 Å². The Hall–Kier alpha value is -1.87. The molecule has 0 fully saturated rings. The maximum Gasteiger partial charge on any atom is 0.145 e. The summed E-state index contributed by atoms with van der Waals surface area (Å²) in [6.07, 6.45) is 2.92. The minimum Gasteiger partial charge on any atom is -0.456 e. The molecular formula is C18H24N2O. The summed E-state index contributed by atoms with van der Waals surface area (Å²) < 4.78 is 5.83. The lowest BCUT2D eigenvalue weighted by atomic mass is 9.99. The Morgan fingerprint density at radius 2 is 1.71 bits per heavy atom. The maximum absolute atomic E-state index is 5.83. The van der Waals surface area contributed by atoms with Gasteiger partial charge in [-0.05, 0) is 56.1 Å². The zero-order valence-corrected chi connectivity index (χ0v) is 13.3. The number of pyridine rings is 1. The second kappa shape index (κ2) is 7.23. The van der Waals surface area contributed by atoms with Gasteiger partial charge in [0.15, 0.2) is 0 Å². The van der Waals surface area contributed by atoms with Crippen molar-refractivity contribution in [1.82, 2.24) is 10.3 Å². The van der Waals surface area contributed by atoms with Crippen LogP contribution in [-0.2, 0) is 0 Å². The van der Waals surface area contributed by atoms with E-state index in [4.69, 9.17) is 4.74 Å². The third-order valence-corrected chi connectivity index (χ3v) is 3.93. The topological polar surface area (TPSA) is 34.1 Å². The molecule has 1 N–H and O–H groups in total. The quantitative estimate of drug-likeness (QED) is 0.837. The van der Waals surface area contributed by atoms with Crippen LogP contribution in [0, 0.1) is 0 Å². The Morgan fingerprint density at radius 1 is 1.05 bits per heavy atom. The number of hydrogen-bond acceptors (Lipinski definition) is 3. The van der Waals surface area contributed by atoms with Gasteiger partial charge in [-0.1, -0.05) is 26.0 Å². The lowest BCUT2D eigenvalue weighted by Gasteiger charge is -2.12. The Labute approximate surface area is 127 Å². The van der Waals surface area contributed by atoms with Crippen LogP contribution in [-0.4, -0.2) is 12.0 Å². The zero-order valence-electron chi connectivity index (χ0n) is 13.3. The number of ether oxygens (including phenoxy) is 1. The second-order valence-electron chi connectivity index (χ2n) is 5.41. The zero-order chi connectivity index (χ0) is 15.2. The van der Waals surface area contributed by atoms with Gasteiger partial charge >= 0.3 is 0 Å². The van der Waals surface area contributed by atoms with Crippen molar-refractivity contribution in [1.29, 1.82) is 0 Å². The molecule has 0 saturated heterocycles. The first kappa shape index (κ1) is 15.5. The van der Waals surface area contributed by atoms with Gasteiger partial charge in [-0.3, -0.25) is 4.98 Å². The molecule has 21 heavy (non-hydrogen) atoms. The van der Waals surface area contributed by atoms with Gasteiger partial charge in [-0.2, -0.15) is 0 Å². The highest BCUT2D eigenvalue weighted by Crippen LogP contribution is 2.25. The van der Waals surface area contributed by atoms with Crippen LogP contribution in [0.1, 0.15) is 50.4 Å². The van der Waals surface area contributed by atoms with E-state index in [0.717, 1.165) is 23.6 Å². The van der Waals surface area contributed by atoms with Crippen LogP contribution in [0.15, 0.2) is 42.6 Å². The highest BCUT2D eigenvalue weighted by atomic mass is 16.5. The minimum absolute atomic E-state index is 0.244. The van der Waals surface area contributed by atoms with Crippen molar-refractivity contribution >= 4 is 0 Å². The fourth-order valence-corrected chi connectivity index (χ4v) is 2.09. The van der Waals surface area contributed by atoms with Crippen LogP contribution in [0.3, 0.4) is 0 Å². The molecular weight excluding hydrogens is 260 g/mol. The van der Waals surface area contributed by atoms with E-state index < -0.39 is 0 Å². The SMILES string of the molecule is CCC(C)c1ccc(Oc2ccc(C(C)NC)nc2)cc1. The van der Waals surface area contributed by atoms with Gasteiger partial charge in [-0.15, -0.1) is 0 Å². The van der Waals surface area contributed by atoms with Gasteiger partial charge in [0.25, 0.3) is 0 Å². The number of rotatable bonds is 6. The second-order valence-corrected chi connectivity index (χ2v) is 5.41. The fourth-order valence-electron chi connectivity index (χ4n) is 2.09. The first-order valence-corrected chi connectivity index (χ1v) is 7.55. The van der Waals surface area contributed by atoms with Gasteiger partial charge in [0.05, 0.1) is 11.9 Å². The number of benzene rings is 1. The van der Waals surface area contributed by atoms with E-state index in [1.54, 1.807) is 6.20 Å². The van der Waals surface area contributed by atoms with Crippen molar-refractivity contribution in [2.45, 2.75) is 39.2 Å². The van der Waals surface area contributed by atoms with Crippen LogP contribution in [0.25, 0.3) is 0 Å². The highest BCUT2D eigenvalue weighted by Gasteiger charge is 2.06. The van der Waals surface area contributed by atoms with Gasteiger partial charge in [0.1, 0.15) is 11.5 Å². The average Bonchev–Trinajstić information content (AvgIpc) is 2.55. The molecule has 2 atom stereocenters. The summed E-state index contributed by atoms with van der Waals surface area (Å²) >= 11 is 0. The van der Waals surface area contributed by atoms with Gasteiger partial charge in [0.2, 0.25) is 0 Å². The van der Waals surface area contributed by atoms with E-state index in [1.165, 1.54) is 5.56 Å². The van der Waals surface area contributed by atoms with E-state index >= 15 is 0 Å². The number of nitrogens with one attached hydrogen (secondary N) is 1. The standard InChI is InChI=1S/C18H24N2O/c1-5-13(2)15-6-8-16(9-7-15)21-17-10-11-18(20-12-17)14(3)19-4/h6-14,19H,5H2,1-4H3. The van der Waals surface area contributed by atoms with Gasteiger partial charge < -0.3 is 10.1 Å². The molecule has 112 valence electrons. The molecule has 0 bridgehead atoms. The Balaban J connectivity index is 2.04. The summed E-state index contributed by atoms with van der Waals surface area (Å²) in [6.45, 7) is 6.52. The summed E-state index contributed by atoms with van der Waals surface area (Å²) in [7, 11) is 1.93. The van der Waals surface area contributed by atoms with E-state index in [1.807, 2.05) is 31.3 Å². The summed E-state index contributed by atoms with van der Waals surface area (Å²) in [5.74, 6) is 2.19. The highest BCUT2D eigenvalue weighted by molar-refractivity contribution is 5.33. The van der Waals surface area contributed by atoms with E-state index in [-0.39, 0.29) is 6.04 Å². The molecule has 2 aromatic rings. The molecule has 2 unspecified atom stereocenters. The van der Waals surface area contributed by atoms with Crippen molar-refractivity contribution < 1.29 is 4.74 Å². The van der Waals surface area contributed by atoms with Crippen LogP contribution >= 0.6 is 0 Å². The van der Waals surface area contributed by atoms with E-state index in [9.17, 15) is 0 Å². The lowest BCUT2D eigenvalue weighted by molar-refractivity contribution is 0.478. The molecule has 0 aliphatic heterocycles. The molecule has 1 aromatic heterocycles. The summed E-state index contributed by atoms with van der Waals surface area (Å²) in [6, 6.07) is 12.5. The third-order valence-electron chi connectivity index (χ3n) is 3.93. The van der Waals surface area contributed by atoms with Gasteiger partial charge in [-0.25, -0.2) is 0 Å². The molecule has 3 heteroatoms. The summed E-state index contributed by atoms with van der Waals surface area (Å²) in [5.41, 5.74) is 2.36.